The number of esters is 3. The molecule has 9 heteroatoms. The first kappa shape index (κ1) is 24.4. The van der Waals surface area contributed by atoms with Crippen LogP contribution in [-0.4, -0.2) is 48.6 Å². The molecule has 1 saturated heterocycles. The molecular formula is C21H27IO8. The molecule has 0 amide bonds. The Bertz CT molecular complexity index is 810. The van der Waals surface area contributed by atoms with Gasteiger partial charge in [-0.05, 0) is 60.2 Å². The van der Waals surface area contributed by atoms with Crippen molar-refractivity contribution in [1.29, 1.82) is 0 Å². The molecule has 1 aliphatic rings. The lowest BCUT2D eigenvalue weighted by Gasteiger charge is -2.49. The molecule has 0 spiro atoms. The number of rotatable bonds is 6. The van der Waals surface area contributed by atoms with Crippen LogP contribution in [0.1, 0.15) is 40.2 Å². The molecule has 0 radical (unpaired) electrons. The van der Waals surface area contributed by atoms with Crippen molar-refractivity contribution >= 4 is 40.5 Å². The number of halogens is 1. The van der Waals surface area contributed by atoms with Gasteiger partial charge in [-0.1, -0.05) is 6.92 Å². The highest BCUT2D eigenvalue weighted by Gasteiger charge is 2.58. The van der Waals surface area contributed by atoms with Crippen molar-refractivity contribution < 1.29 is 38.1 Å². The summed E-state index contributed by atoms with van der Waals surface area (Å²) >= 11 is 2.19. The third kappa shape index (κ3) is 5.84. The van der Waals surface area contributed by atoms with Crippen molar-refractivity contribution in [2.45, 2.75) is 65.6 Å². The van der Waals surface area contributed by atoms with Gasteiger partial charge in [-0.15, -0.1) is 0 Å². The van der Waals surface area contributed by atoms with Crippen molar-refractivity contribution in [3.05, 3.63) is 27.3 Å². The number of aryl methyl sites for hydroxylation is 1. The number of benzene rings is 1. The predicted molar refractivity (Wildman–Crippen MR) is 115 cm³/mol. The minimum Gasteiger partial charge on any atom is -0.463 e. The standard InChI is InChI=1S/C21H27IO8/c1-11-9-16(22)7-8-17(11)28-20-21(6,30-15(5)25)19(27-14(4)24)12(2)18(29-20)10-26-13(3)23/h7-9,12,18-20H,10H2,1-6H3/t12-,18-,19+,20+,21+/m1/s1. The number of hydrogen-bond acceptors (Lipinski definition) is 8. The fourth-order valence-corrected chi connectivity index (χ4v) is 4.13. The van der Waals surface area contributed by atoms with Crippen LogP contribution in [0.15, 0.2) is 18.2 Å². The molecule has 1 fully saturated rings. The van der Waals surface area contributed by atoms with E-state index in [1.54, 1.807) is 19.9 Å². The summed E-state index contributed by atoms with van der Waals surface area (Å²) in [5, 5.41) is 0. The summed E-state index contributed by atoms with van der Waals surface area (Å²) in [4.78, 5) is 35.1. The quantitative estimate of drug-likeness (QED) is 0.312. The smallest absolute Gasteiger partial charge is 0.303 e. The molecule has 0 unspecified atom stereocenters. The van der Waals surface area contributed by atoms with E-state index in [1.165, 1.54) is 20.8 Å². The Labute approximate surface area is 189 Å². The highest BCUT2D eigenvalue weighted by atomic mass is 127. The van der Waals surface area contributed by atoms with Gasteiger partial charge in [0.15, 0.2) is 6.10 Å². The minimum absolute atomic E-state index is 0.0596. The average Bonchev–Trinajstić information content (AvgIpc) is 2.61. The Hall–Kier alpha value is -1.88. The van der Waals surface area contributed by atoms with Crippen LogP contribution < -0.4 is 4.74 Å². The van der Waals surface area contributed by atoms with Gasteiger partial charge in [-0.25, -0.2) is 0 Å². The van der Waals surface area contributed by atoms with Gasteiger partial charge in [0, 0.05) is 30.3 Å². The van der Waals surface area contributed by atoms with Crippen LogP contribution in [0.2, 0.25) is 0 Å². The molecule has 0 aliphatic carbocycles. The second-order valence-electron chi connectivity index (χ2n) is 7.50. The van der Waals surface area contributed by atoms with Crippen molar-refractivity contribution in [2.24, 2.45) is 5.92 Å². The Balaban J connectivity index is 2.46. The van der Waals surface area contributed by atoms with Gasteiger partial charge in [0.2, 0.25) is 11.9 Å². The number of carbonyl (C=O) groups excluding carboxylic acids is 3. The summed E-state index contributed by atoms with van der Waals surface area (Å²) in [7, 11) is 0. The van der Waals surface area contributed by atoms with Gasteiger partial charge in [0.05, 0.1) is 0 Å². The molecule has 0 bridgehead atoms. The predicted octanol–water partition coefficient (Wildman–Crippen LogP) is 3.16. The fourth-order valence-electron chi connectivity index (χ4n) is 3.48. The summed E-state index contributed by atoms with van der Waals surface area (Å²) in [6.07, 6.45) is -2.64. The average molecular weight is 534 g/mol. The van der Waals surface area contributed by atoms with Gasteiger partial charge in [0.25, 0.3) is 0 Å². The summed E-state index contributed by atoms with van der Waals surface area (Å²) in [6.45, 7) is 9.03. The van der Waals surface area contributed by atoms with E-state index in [2.05, 4.69) is 22.6 Å². The maximum atomic E-state index is 11.9. The lowest BCUT2D eigenvalue weighted by Crippen LogP contribution is -2.66. The van der Waals surface area contributed by atoms with Crippen LogP contribution in [0.5, 0.6) is 5.75 Å². The molecule has 1 aromatic carbocycles. The first-order chi connectivity index (χ1) is 13.9. The zero-order valence-electron chi connectivity index (χ0n) is 17.9. The fraction of sp³-hybridized carbons (Fsp3) is 0.571. The van der Waals surface area contributed by atoms with Gasteiger partial charge >= 0.3 is 17.9 Å². The first-order valence-electron chi connectivity index (χ1n) is 9.52. The van der Waals surface area contributed by atoms with Crippen molar-refractivity contribution in [1.82, 2.24) is 0 Å². The zero-order valence-corrected chi connectivity index (χ0v) is 20.1. The van der Waals surface area contributed by atoms with E-state index in [0.29, 0.717) is 5.75 Å². The van der Waals surface area contributed by atoms with Gasteiger partial charge < -0.3 is 23.7 Å². The van der Waals surface area contributed by atoms with Crippen molar-refractivity contribution in [2.75, 3.05) is 6.61 Å². The number of ether oxygens (including phenoxy) is 5. The SMILES string of the molecule is CC(=O)OC[C@H]1O[C@H](Oc2ccc(I)cc2C)[C@@](C)(OC(C)=O)[C@@H](OC(C)=O)[C@@H]1C. The molecule has 1 heterocycles. The molecule has 0 aromatic heterocycles. The van der Waals surface area contributed by atoms with Crippen molar-refractivity contribution in [3.63, 3.8) is 0 Å². The number of hydrogen-bond donors (Lipinski definition) is 0. The van der Waals surface area contributed by atoms with Crippen LogP contribution in [0.25, 0.3) is 0 Å². The normalized spacial score (nSPS) is 28.4. The second-order valence-corrected chi connectivity index (χ2v) is 8.75. The first-order valence-corrected chi connectivity index (χ1v) is 10.6. The van der Waals surface area contributed by atoms with E-state index < -0.39 is 47.9 Å². The molecule has 0 N–H and O–H groups in total. The Morgan fingerprint density at radius 2 is 1.80 bits per heavy atom. The molecule has 8 nitrogen and oxygen atoms in total. The van der Waals surface area contributed by atoms with Gasteiger partial charge in [-0.2, -0.15) is 0 Å². The van der Waals surface area contributed by atoms with Crippen LogP contribution in [0.3, 0.4) is 0 Å². The van der Waals surface area contributed by atoms with E-state index in [0.717, 1.165) is 9.13 Å². The molecular weight excluding hydrogens is 507 g/mol. The lowest BCUT2D eigenvalue weighted by molar-refractivity contribution is -0.308. The third-order valence-corrected chi connectivity index (χ3v) is 5.54. The van der Waals surface area contributed by atoms with Gasteiger partial charge in [0.1, 0.15) is 18.5 Å². The second kappa shape index (κ2) is 9.95. The van der Waals surface area contributed by atoms with E-state index in [9.17, 15) is 14.4 Å². The van der Waals surface area contributed by atoms with Crippen LogP contribution >= 0.6 is 22.6 Å². The molecule has 166 valence electrons. The lowest BCUT2D eigenvalue weighted by atomic mass is 9.82. The van der Waals surface area contributed by atoms with E-state index in [1.807, 2.05) is 19.1 Å². The van der Waals surface area contributed by atoms with E-state index >= 15 is 0 Å². The largest absolute Gasteiger partial charge is 0.463 e. The molecule has 1 aliphatic heterocycles. The molecule has 0 saturated carbocycles. The summed E-state index contributed by atoms with van der Waals surface area (Å²) < 4.78 is 29.5. The van der Waals surface area contributed by atoms with Crippen LogP contribution in [0.4, 0.5) is 0 Å². The number of carbonyl (C=O) groups is 3. The molecule has 30 heavy (non-hydrogen) atoms. The summed E-state index contributed by atoms with van der Waals surface area (Å²) in [5.41, 5.74) is -0.575. The topological polar surface area (TPSA) is 97.4 Å². The molecule has 2 rings (SSSR count). The summed E-state index contributed by atoms with van der Waals surface area (Å²) in [5.74, 6) is -1.50. The summed E-state index contributed by atoms with van der Waals surface area (Å²) in [6, 6.07) is 5.59. The van der Waals surface area contributed by atoms with E-state index in [-0.39, 0.29) is 6.61 Å². The minimum atomic E-state index is -1.43. The van der Waals surface area contributed by atoms with Crippen LogP contribution in [0, 0.1) is 16.4 Å². The Morgan fingerprint density at radius 3 is 2.33 bits per heavy atom. The van der Waals surface area contributed by atoms with E-state index in [4.69, 9.17) is 23.7 Å². The maximum absolute atomic E-state index is 11.9. The zero-order chi connectivity index (χ0) is 22.6. The monoisotopic (exact) mass is 534 g/mol. The highest BCUT2D eigenvalue weighted by Crippen LogP contribution is 2.40. The van der Waals surface area contributed by atoms with Crippen molar-refractivity contribution in [3.8, 4) is 5.75 Å². The van der Waals surface area contributed by atoms with Gasteiger partial charge in [-0.3, -0.25) is 14.4 Å². The highest BCUT2D eigenvalue weighted by molar-refractivity contribution is 14.1. The molecule has 5 atom stereocenters. The third-order valence-electron chi connectivity index (χ3n) is 4.87. The van der Waals surface area contributed by atoms with Crippen LogP contribution in [-0.2, 0) is 33.3 Å². The Morgan fingerprint density at radius 1 is 1.13 bits per heavy atom. The Kier molecular flexibility index (Phi) is 8.09. The maximum Gasteiger partial charge on any atom is 0.303 e. The molecule has 1 aromatic rings.